The molecule has 0 spiro atoms. The fourth-order valence-corrected chi connectivity index (χ4v) is 4.63. The Morgan fingerprint density at radius 2 is 2.00 bits per heavy atom. The third kappa shape index (κ3) is 5.38. The minimum Gasteiger partial charge on any atom is -0.383 e. The van der Waals surface area contributed by atoms with Crippen molar-refractivity contribution < 1.29 is 13.2 Å². The number of nitrogens with one attached hydrogen (secondary N) is 1. The predicted octanol–water partition coefficient (Wildman–Crippen LogP) is 1.06. The zero-order valence-electron chi connectivity index (χ0n) is 12.4. The van der Waals surface area contributed by atoms with Crippen LogP contribution in [0.4, 0.5) is 0 Å². The van der Waals surface area contributed by atoms with E-state index in [1.54, 1.807) is 11.4 Å². The monoisotopic (exact) mass is 292 g/mol. The van der Waals surface area contributed by atoms with Gasteiger partial charge in [0.25, 0.3) is 0 Å². The minimum absolute atomic E-state index is 0.0434. The molecule has 1 unspecified atom stereocenters. The summed E-state index contributed by atoms with van der Waals surface area (Å²) in [6.45, 7) is 6.76. The SMILES string of the molecule is CCC(C)N(CCOC)S(=O)(=O)CC1CCNCC1. The lowest BCUT2D eigenvalue weighted by atomic mass is 10.0. The largest absolute Gasteiger partial charge is 0.383 e. The molecule has 0 aliphatic carbocycles. The molecule has 0 saturated carbocycles. The topological polar surface area (TPSA) is 58.6 Å². The average molecular weight is 292 g/mol. The summed E-state index contributed by atoms with van der Waals surface area (Å²) < 4.78 is 31.8. The van der Waals surface area contributed by atoms with Crippen LogP contribution < -0.4 is 5.32 Å². The number of hydrogen-bond acceptors (Lipinski definition) is 4. The van der Waals surface area contributed by atoms with E-state index in [1.807, 2.05) is 13.8 Å². The molecule has 1 aliphatic heterocycles. The molecule has 1 aliphatic rings. The molecule has 0 amide bonds. The summed E-state index contributed by atoms with van der Waals surface area (Å²) in [5.74, 6) is 0.572. The summed E-state index contributed by atoms with van der Waals surface area (Å²) in [7, 11) is -1.57. The molecule has 6 heteroatoms. The maximum atomic E-state index is 12.6. The predicted molar refractivity (Wildman–Crippen MR) is 77.7 cm³/mol. The van der Waals surface area contributed by atoms with Crippen LogP contribution in [0, 0.1) is 5.92 Å². The lowest BCUT2D eigenvalue weighted by molar-refractivity contribution is 0.167. The number of rotatable bonds is 8. The summed E-state index contributed by atoms with van der Waals surface area (Å²) in [5, 5.41) is 3.27. The first-order valence-electron chi connectivity index (χ1n) is 7.20. The van der Waals surface area contributed by atoms with Crippen molar-refractivity contribution in [2.75, 3.05) is 39.1 Å². The second-order valence-electron chi connectivity index (χ2n) is 5.33. The van der Waals surface area contributed by atoms with Gasteiger partial charge in [-0.2, -0.15) is 4.31 Å². The van der Waals surface area contributed by atoms with Gasteiger partial charge in [-0.15, -0.1) is 0 Å². The van der Waals surface area contributed by atoms with Crippen molar-refractivity contribution in [1.29, 1.82) is 0 Å². The van der Waals surface area contributed by atoms with Crippen LogP contribution in [0.5, 0.6) is 0 Å². The van der Waals surface area contributed by atoms with E-state index < -0.39 is 10.0 Å². The quantitative estimate of drug-likeness (QED) is 0.727. The van der Waals surface area contributed by atoms with Gasteiger partial charge in [-0.05, 0) is 45.2 Å². The molecular formula is C13H28N2O3S. The fourth-order valence-electron chi connectivity index (χ4n) is 2.46. The molecule has 1 saturated heterocycles. The van der Waals surface area contributed by atoms with E-state index in [0.29, 0.717) is 19.1 Å². The Labute approximate surface area is 117 Å². The first-order chi connectivity index (χ1) is 9.01. The number of hydrogen-bond donors (Lipinski definition) is 1. The molecule has 114 valence electrons. The van der Waals surface area contributed by atoms with Gasteiger partial charge in [-0.3, -0.25) is 0 Å². The van der Waals surface area contributed by atoms with Crippen LogP contribution in [0.2, 0.25) is 0 Å². The molecule has 0 aromatic heterocycles. The highest BCUT2D eigenvalue weighted by atomic mass is 32.2. The van der Waals surface area contributed by atoms with Gasteiger partial charge in [0, 0.05) is 19.7 Å². The zero-order chi connectivity index (χ0) is 14.3. The van der Waals surface area contributed by atoms with Crippen LogP contribution in [-0.2, 0) is 14.8 Å². The first-order valence-corrected chi connectivity index (χ1v) is 8.81. The van der Waals surface area contributed by atoms with Crippen LogP contribution in [0.25, 0.3) is 0 Å². The maximum Gasteiger partial charge on any atom is 0.214 e. The van der Waals surface area contributed by atoms with Crippen LogP contribution in [0.1, 0.15) is 33.1 Å². The number of ether oxygens (including phenoxy) is 1. The van der Waals surface area contributed by atoms with Gasteiger partial charge in [0.1, 0.15) is 0 Å². The van der Waals surface area contributed by atoms with E-state index in [2.05, 4.69) is 5.32 Å². The van der Waals surface area contributed by atoms with Crippen LogP contribution in [0.15, 0.2) is 0 Å². The van der Waals surface area contributed by atoms with Crippen LogP contribution in [-0.4, -0.2) is 57.9 Å². The summed E-state index contributed by atoms with van der Waals surface area (Å²) in [6, 6.07) is 0.0434. The van der Waals surface area contributed by atoms with E-state index in [9.17, 15) is 8.42 Å². The van der Waals surface area contributed by atoms with Crippen molar-refractivity contribution in [2.45, 2.75) is 39.2 Å². The summed E-state index contributed by atoms with van der Waals surface area (Å²) in [5.41, 5.74) is 0. The van der Waals surface area contributed by atoms with E-state index in [1.165, 1.54) is 0 Å². The van der Waals surface area contributed by atoms with Gasteiger partial charge in [0.2, 0.25) is 10.0 Å². The highest BCUT2D eigenvalue weighted by molar-refractivity contribution is 7.89. The molecule has 0 aromatic rings. The molecule has 0 bridgehead atoms. The second kappa shape index (κ2) is 8.19. The molecule has 0 radical (unpaired) electrons. The molecule has 1 N–H and O–H groups in total. The van der Waals surface area contributed by atoms with Crippen molar-refractivity contribution in [3.63, 3.8) is 0 Å². The van der Waals surface area contributed by atoms with Gasteiger partial charge in [-0.25, -0.2) is 8.42 Å². The standard InChI is InChI=1S/C13H28N2O3S/c1-4-12(2)15(9-10-18-3)19(16,17)11-13-5-7-14-8-6-13/h12-14H,4-11H2,1-3H3. The summed E-state index contributed by atoms with van der Waals surface area (Å²) >= 11 is 0. The number of methoxy groups -OCH3 is 1. The molecule has 1 fully saturated rings. The van der Waals surface area contributed by atoms with Crippen LogP contribution in [0.3, 0.4) is 0 Å². The van der Waals surface area contributed by atoms with Crippen molar-refractivity contribution in [1.82, 2.24) is 9.62 Å². The highest BCUT2D eigenvalue weighted by Gasteiger charge is 2.29. The van der Waals surface area contributed by atoms with E-state index in [4.69, 9.17) is 4.74 Å². The van der Waals surface area contributed by atoms with Crippen molar-refractivity contribution >= 4 is 10.0 Å². The molecule has 0 aromatic carbocycles. The van der Waals surface area contributed by atoms with Gasteiger partial charge < -0.3 is 10.1 Å². The zero-order valence-corrected chi connectivity index (χ0v) is 13.2. The fraction of sp³-hybridized carbons (Fsp3) is 1.00. The smallest absolute Gasteiger partial charge is 0.214 e. The summed E-state index contributed by atoms with van der Waals surface area (Å²) in [6.07, 6.45) is 2.74. The Kier molecular flexibility index (Phi) is 7.28. The Bertz CT molecular complexity index is 340. The van der Waals surface area contributed by atoms with Gasteiger partial charge >= 0.3 is 0 Å². The number of sulfonamides is 1. The lowest BCUT2D eigenvalue weighted by Gasteiger charge is -2.30. The highest BCUT2D eigenvalue weighted by Crippen LogP contribution is 2.19. The minimum atomic E-state index is -3.18. The van der Waals surface area contributed by atoms with Gasteiger partial charge in [0.05, 0.1) is 12.4 Å². The first kappa shape index (κ1) is 16.9. The molecule has 1 heterocycles. The number of piperidine rings is 1. The molecule has 19 heavy (non-hydrogen) atoms. The van der Waals surface area contributed by atoms with E-state index in [0.717, 1.165) is 32.4 Å². The Hall–Kier alpha value is -0.170. The average Bonchev–Trinajstić information content (AvgIpc) is 2.39. The van der Waals surface area contributed by atoms with Gasteiger partial charge in [0.15, 0.2) is 0 Å². The Morgan fingerprint density at radius 3 is 2.53 bits per heavy atom. The van der Waals surface area contributed by atoms with E-state index >= 15 is 0 Å². The van der Waals surface area contributed by atoms with Crippen molar-refractivity contribution in [3.05, 3.63) is 0 Å². The lowest BCUT2D eigenvalue weighted by Crippen LogP contribution is -2.44. The van der Waals surface area contributed by atoms with Gasteiger partial charge in [-0.1, -0.05) is 6.92 Å². The third-order valence-corrected chi connectivity index (χ3v) is 6.01. The van der Waals surface area contributed by atoms with E-state index in [-0.39, 0.29) is 11.8 Å². The molecule has 1 rings (SSSR count). The Balaban J connectivity index is 2.67. The summed E-state index contributed by atoms with van der Waals surface area (Å²) in [4.78, 5) is 0. The number of nitrogens with zero attached hydrogens (tertiary/aromatic N) is 1. The molecule has 5 nitrogen and oxygen atoms in total. The maximum absolute atomic E-state index is 12.6. The van der Waals surface area contributed by atoms with Crippen LogP contribution >= 0.6 is 0 Å². The van der Waals surface area contributed by atoms with Crippen molar-refractivity contribution in [2.24, 2.45) is 5.92 Å². The molecule has 1 atom stereocenters. The third-order valence-electron chi connectivity index (χ3n) is 3.86. The molecular weight excluding hydrogens is 264 g/mol. The second-order valence-corrected chi connectivity index (χ2v) is 7.30. The van der Waals surface area contributed by atoms with Crippen molar-refractivity contribution in [3.8, 4) is 0 Å². The normalized spacial score (nSPS) is 19.8. The Morgan fingerprint density at radius 1 is 1.37 bits per heavy atom.